The van der Waals surface area contributed by atoms with Crippen LogP contribution in [0.15, 0.2) is 100.0 Å². The van der Waals surface area contributed by atoms with Crippen LogP contribution in [-0.4, -0.2) is 29.6 Å². The molecule has 45 heavy (non-hydrogen) atoms. The molecule has 4 rings (SSSR count). The number of aliphatic imine (C=N–C) groups is 2. The Balaban J connectivity index is 1.71. The molecule has 0 spiro atoms. The lowest BCUT2D eigenvalue weighted by Crippen LogP contribution is -2.10. The first-order valence-corrected chi connectivity index (χ1v) is 17.4. The van der Waals surface area contributed by atoms with E-state index < -0.39 is 10.3 Å². The molecule has 1 aliphatic heterocycles. The van der Waals surface area contributed by atoms with Gasteiger partial charge in [0.1, 0.15) is 0 Å². The standard InChI is InChI=1S/C35H40N4O4S2/c1-5-32(28-10-8-7-9-11-28)37-33(6-2)34(22-26-13-17-30(18-14-26)39-45(41,42)43)38-35-21-12-24(3)31(23-44-35)27-15-19-29(20-16-27)36-25(4)40/h7-11,13-20,22-24,32,39H,5-6,12,21H2,1-4H3,(H,36,40)(H,41,42,43)/b34-22-,37-33?,38-35?. The molecule has 2 atom stereocenters. The predicted molar refractivity (Wildman–Crippen MR) is 189 cm³/mol. The van der Waals surface area contributed by atoms with Gasteiger partial charge in [-0.15, -0.1) is 0 Å². The average molecular weight is 645 g/mol. The summed E-state index contributed by atoms with van der Waals surface area (Å²) in [7, 11) is -4.36. The molecule has 3 aromatic carbocycles. The monoisotopic (exact) mass is 644 g/mol. The van der Waals surface area contributed by atoms with Crippen LogP contribution in [0.5, 0.6) is 0 Å². The zero-order valence-electron chi connectivity index (χ0n) is 26.0. The van der Waals surface area contributed by atoms with Crippen molar-refractivity contribution >= 4 is 61.8 Å². The third kappa shape index (κ3) is 10.3. The third-order valence-electron chi connectivity index (χ3n) is 7.40. The summed E-state index contributed by atoms with van der Waals surface area (Å²) in [6, 6.07) is 24.9. The minimum atomic E-state index is -4.36. The second kappa shape index (κ2) is 15.8. The summed E-state index contributed by atoms with van der Waals surface area (Å²) in [5, 5.41) is 5.98. The van der Waals surface area contributed by atoms with Crippen molar-refractivity contribution in [2.24, 2.45) is 15.9 Å². The largest absolute Gasteiger partial charge is 0.357 e. The maximum Gasteiger partial charge on any atom is 0.357 e. The lowest BCUT2D eigenvalue weighted by Gasteiger charge is -2.15. The Bertz CT molecular complexity index is 1700. The highest BCUT2D eigenvalue weighted by atomic mass is 32.2. The minimum Gasteiger partial charge on any atom is -0.326 e. The van der Waals surface area contributed by atoms with E-state index >= 15 is 0 Å². The Hall–Kier alpha value is -3.99. The second-order valence-corrected chi connectivity index (χ2v) is 13.0. The number of thioether (sulfide) groups is 1. The number of nitrogens with one attached hydrogen (secondary N) is 2. The molecule has 0 aliphatic carbocycles. The molecule has 0 bridgehead atoms. The molecule has 1 heterocycles. The number of anilines is 2. The van der Waals surface area contributed by atoms with Crippen molar-refractivity contribution < 1.29 is 17.8 Å². The van der Waals surface area contributed by atoms with Crippen molar-refractivity contribution in [3.05, 3.63) is 107 Å². The summed E-state index contributed by atoms with van der Waals surface area (Å²) >= 11 is 1.62. The van der Waals surface area contributed by atoms with Gasteiger partial charge in [-0.05, 0) is 89.6 Å². The first-order chi connectivity index (χ1) is 21.5. The van der Waals surface area contributed by atoms with Gasteiger partial charge in [0.2, 0.25) is 5.91 Å². The molecule has 0 saturated carbocycles. The van der Waals surface area contributed by atoms with Gasteiger partial charge in [0.05, 0.1) is 28.2 Å². The number of hydrogen-bond acceptors (Lipinski definition) is 6. The van der Waals surface area contributed by atoms with Crippen molar-refractivity contribution in [2.75, 3.05) is 10.0 Å². The van der Waals surface area contributed by atoms with Crippen molar-refractivity contribution in [1.29, 1.82) is 0 Å². The van der Waals surface area contributed by atoms with Crippen LogP contribution in [0.3, 0.4) is 0 Å². The highest BCUT2D eigenvalue weighted by Crippen LogP contribution is 2.35. The Morgan fingerprint density at radius 2 is 1.69 bits per heavy atom. The molecule has 2 unspecified atom stereocenters. The maximum atomic E-state index is 11.4. The summed E-state index contributed by atoms with van der Waals surface area (Å²) in [6.45, 7) is 7.93. The number of carbonyl (C=O) groups excluding carboxylic acids is 1. The summed E-state index contributed by atoms with van der Waals surface area (Å²) < 4.78 is 33.7. The van der Waals surface area contributed by atoms with E-state index in [0.29, 0.717) is 12.3 Å². The highest BCUT2D eigenvalue weighted by Gasteiger charge is 2.19. The van der Waals surface area contributed by atoms with E-state index in [1.165, 1.54) is 12.5 Å². The van der Waals surface area contributed by atoms with E-state index in [9.17, 15) is 13.2 Å². The number of allylic oxidation sites excluding steroid dienone is 2. The molecule has 0 aromatic heterocycles. The molecule has 0 saturated heterocycles. The number of nitrogens with zero attached hydrogens (tertiary/aromatic N) is 2. The van der Waals surface area contributed by atoms with Crippen LogP contribution < -0.4 is 10.0 Å². The van der Waals surface area contributed by atoms with Crippen molar-refractivity contribution in [3.8, 4) is 0 Å². The van der Waals surface area contributed by atoms with Gasteiger partial charge in [-0.2, -0.15) is 8.42 Å². The van der Waals surface area contributed by atoms with Crippen LogP contribution in [0, 0.1) is 5.92 Å². The van der Waals surface area contributed by atoms with Gasteiger partial charge < -0.3 is 5.32 Å². The van der Waals surface area contributed by atoms with Crippen molar-refractivity contribution in [3.63, 3.8) is 0 Å². The SMILES string of the molecule is CCC(=NC(CC)c1ccccc1)/C(=C/c1ccc(NS(=O)(=O)O)cc1)N=C1CCC(C)C(c2ccc(NC(C)=O)cc2)=CS1. The molecule has 0 radical (unpaired) electrons. The van der Waals surface area contributed by atoms with Crippen LogP contribution in [0.1, 0.15) is 76.1 Å². The van der Waals surface area contributed by atoms with E-state index in [1.807, 2.05) is 48.5 Å². The van der Waals surface area contributed by atoms with E-state index in [4.69, 9.17) is 14.5 Å². The molecule has 236 valence electrons. The summed E-state index contributed by atoms with van der Waals surface area (Å²) in [5.74, 6) is 0.216. The average Bonchev–Trinajstić information content (AvgIpc) is 3.19. The van der Waals surface area contributed by atoms with Gasteiger partial charge in [0, 0.05) is 12.6 Å². The van der Waals surface area contributed by atoms with E-state index in [0.717, 1.165) is 58.1 Å². The maximum absolute atomic E-state index is 11.4. The third-order valence-corrected chi connectivity index (χ3v) is 8.83. The molecule has 0 fully saturated rings. The van der Waals surface area contributed by atoms with Crippen LogP contribution in [0.4, 0.5) is 11.4 Å². The Morgan fingerprint density at radius 1 is 1.02 bits per heavy atom. The Labute approximate surface area is 270 Å². The smallest absolute Gasteiger partial charge is 0.326 e. The first kappa shape index (κ1) is 33.9. The summed E-state index contributed by atoms with van der Waals surface area (Å²) in [5.41, 5.74) is 6.99. The Morgan fingerprint density at radius 3 is 2.29 bits per heavy atom. The van der Waals surface area contributed by atoms with Gasteiger partial charge in [0.15, 0.2) is 0 Å². The fourth-order valence-corrected chi connectivity index (χ4v) is 6.51. The molecule has 3 aromatic rings. The van der Waals surface area contributed by atoms with Gasteiger partial charge in [0.25, 0.3) is 0 Å². The van der Waals surface area contributed by atoms with Gasteiger partial charge >= 0.3 is 10.3 Å². The number of amides is 1. The van der Waals surface area contributed by atoms with Gasteiger partial charge in [-0.1, -0.05) is 87.1 Å². The van der Waals surface area contributed by atoms with Crippen molar-refractivity contribution in [1.82, 2.24) is 0 Å². The lowest BCUT2D eigenvalue weighted by atomic mass is 9.92. The van der Waals surface area contributed by atoms with Crippen LogP contribution in [0.25, 0.3) is 11.6 Å². The fraction of sp³-hybridized carbons (Fsp3) is 0.286. The summed E-state index contributed by atoms with van der Waals surface area (Å²) in [4.78, 5) is 21.8. The van der Waals surface area contributed by atoms with E-state index in [1.54, 1.807) is 36.0 Å². The van der Waals surface area contributed by atoms with Gasteiger partial charge in [-0.3, -0.25) is 19.1 Å². The molecule has 3 N–H and O–H groups in total. The van der Waals surface area contributed by atoms with Crippen molar-refractivity contribution in [2.45, 2.75) is 59.4 Å². The molecule has 10 heteroatoms. The first-order valence-electron chi connectivity index (χ1n) is 15.1. The number of carbonyl (C=O) groups is 1. The Kier molecular flexibility index (Phi) is 11.9. The molecule has 8 nitrogen and oxygen atoms in total. The van der Waals surface area contributed by atoms with E-state index in [2.05, 4.69) is 48.4 Å². The van der Waals surface area contributed by atoms with Crippen LogP contribution in [-0.2, 0) is 15.1 Å². The molecular weight excluding hydrogens is 605 g/mol. The zero-order valence-corrected chi connectivity index (χ0v) is 27.7. The number of rotatable bonds is 11. The second-order valence-electron chi connectivity index (χ2n) is 10.9. The molecule has 1 aliphatic rings. The van der Waals surface area contributed by atoms with Gasteiger partial charge in [-0.25, -0.2) is 4.99 Å². The molecular formula is C35H40N4O4S2. The fourth-order valence-electron chi connectivity index (χ4n) is 5.06. The number of hydrogen-bond donors (Lipinski definition) is 3. The predicted octanol–water partition coefficient (Wildman–Crippen LogP) is 8.81. The molecule has 1 amide bonds. The number of benzene rings is 3. The minimum absolute atomic E-state index is 0.0140. The van der Waals surface area contributed by atoms with Crippen LogP contribution >= 0.6 is 11.8 Å². The zero-order chi connectivity index (χ0) is 32.4. The van der Waals surface area contributed by atoms with E-state index in [-0.39, 0.29) is 17.6 Å². The lowest BCUT2D eigenvalue weighted by molar-refractivity contribution is -0.114. The topological polar surface area (TPSA) is 120 Å². The summed E-state index contributed by atoms with van der Waals surface area (Å²) in [6.07, 6.45) is 5.22. The highest BCUT2D eigenvalue weighted by molar-refractivity contribution is 8.16. The quantitative estimate of drug-likeness (QED) is 0.142. The normalized spacial score (nSPS) is 17.8. The van der Waals surface area contributed by atoms with Crippen LogP contribution in [0.2, 0.25) is 0 Å².